The molecule has 0 aromatic carbocycles. The van der Waals surface area contributed by atoms with E-state index in [0.717, 1.165) is 5.69 Å². The summed E-state index contributed by atoms with van der Waals surface area (Å²) in [5.74, 6) is 0.487. The number of anilines is 1. The second-order valence-corrected chi connectivity index (χ2v) is 3.80. The van der Waals surface area contributed by atoms with Crippen LogP contribution in [0.2, 0.25) is 0 Å². The molecule has 0 spiro atoms. The standard InChI is InChI=1S/C9H8N6S/c1-6-4-16-8(14-6)7(2-10)3-11-9-12-5-13-15-9/h3-5H,1H3,(H2,11,12,13,15)/b7-3+. The highest BCUT2D eigenvalue weighted by molar-refractivity contribution is 7.10. The highest BCUT2D eigenvalue weighted by atomic mass is 32.1. The van der Waals surface area contributed by atoms with Gasteiger partial charge in [-0.2, -0.15) is 15.3 Å². The van der Waals surface area contributed by atoms with Crippen LogP contribution in [0.4, 0.5) is 5.95 Å². The zero-order chi connectivity index (χ0) is 11.4. The van der Waals surface area contributed by atoms with Crippen molar-refractivity contribution in [3.8, 4) is 6.07 Å². The minimum absolute atomic E-state index is 0.467. The molecule has 6 nitrogen and oxygen atoms in total. The minimum Gasteiger partial charge on any atom is -0.330 e. The Morgan fingerprint density at radius 1 is 1.69 bits per heavy atom. The molecule has 0 saturated heterocycles. The van der Waals surface area contributed by atoms with Crippen LogP contribution in [0.5, 0.6) is 0 Å². The molecule has 7 heteroatoms. The minimum atomic E-state index is 0.467. The molecule has 0 unspecified atom stereocenters. The summed E-state index contributed by atoms with van der Waals surface area (Å²) in [6.45, 7) is 1.89. The Hall–Kier alpha value is -2.20. The van der Waals surface area contributed by atoms with Crippen LogP contribution in [-0.4, -0.2) is 20.2 Å². The summed E-state index contributed by atoms with van der Waals surface area (Å²) in [5, 5.41) is 20.7. The lowest BCUT2D eigenvalue weighted by Crippen LogP contribution is -1.92. The van der Waals surface area contributed by atoms with Crippen LogP contribution in [0, 0.1) is 18.3 Å². The average molecular weight is 232 g/mol. The third-order valence-electron chi connectivity index (χ3n) is 1.74. The maximum atomic E-state index is 8.98. The predicted octanol–water partition coefficient (Wildman–Crippen LogP) is 1.55. The third kappa shape index (κ3) is 2.24. The molecular weight excluding hydrogens is 224 g/mol. The zero-order valence-electron chi connectivity index (χ0n) is 8.43. The fourth-order valence-electron chi connectivity index (χ4n) is 1.04. The molecule has 80 valence electrons. The van der Waals surface area contributed by atoms with Crippen molar-refractivity contribution in [2.75, 3.05) is 5.32 Å². The first-order valence-electron chi connectivity index (χ1n) is 4.44. The largest absolute Gasteiger partial charge is 0.330 e. The Balaban J connectivity index is 2.17. The Labute approximate surface area is 95.7 Å². The predicted molar refractivity (Wildman–Crippen MR) is 60.4 cm³/mol. The number of hydrogen-bond acceptors (Lipinski definition) is 6. The molecule has 0 radical (unpaired) electrons. The van der Waals surface area contributed by atoms with Crippen molar-refractivity contribution in [3.05, 3.63) is 28.6 Å². The van der Waals surface area contributed by atoms with Crippen molar-refractivity contribution in [3.63, 3.8) is 0 Å². The van der Waals surface area contributed by atoms with Crippen molar-refractivity contribution in [2.45, 2.75) is 6.92 Å². The van der Waals surface area contributed by atoms with E-state index >= 15 is 0 Å². The zero-order valence-corrected chi connectivity index (χ0v) is 9.25. The molecule has 0 amide bonds. The van der Waals surface area contributed by atoms with E-state index in [1.165, 1.54) is 17.7 Å². The quantitative estimate of drug-likeness (QED) is 0.783. The summed E-state index contributed by atoms with van der Waals surface area (Å²) >= 11 is 1.43. The second-order valence-electron chi connectivity index (χ2n) is 2.94. The second kappa shape index (κ2) is 4.55. The lowest BCUT2D eigenvalue weighted by Gasteiger charge is -1.94. The first kappa shape index (κ1) is 10.3. The number of aromatic nitrogens is 4. The first-order chi connectivity index (χ1) is 7.79. The van der Waals surface area contributed by atoms with Crippen LogP contribution in [-0.2, 0) is 0 Å². The van der Waals surface area contributed by atoms with Crippen LogP contribution < -0.4 is 5.32 Å². The van der Waals surface area contributed by atoms with Gasteiger partial charge in [-0.15, -0.1) is 11.3 Å². The highest BCUT2D eigenvalue weighted by Gasteiger charge is 2.05. The average Bonchev–Trinajstić information content (AvgIpc) is 2.91. The number of nitrogens with zero attached hydrogens (tertiary/aromatic N) is 4. The van der Waals surface area contributed by atoms with Gasteiger partial charge in [0.2, 0.25) is 5.95 Å². The molecule has 2 rings (SSSR count). The summed E-state index contributed by atoms with van der Waals surface area (Å²) < 4.78 is 0. The molecule has 2 aromatic heterocycles. The van der Waals surface area contributed by atoms with Crippen molar-refractivity contribution in [1.29, 1.82) is 5.26 Å². The Bertz CT molecular complexity index is 533. The van der Waals surface area contributed by atoms with Crippen molar-refractivity contribution in [1.82, 2.24) is 20.2 Å². The number of nitriles is 1. The van der Waals surface area contributed by atoms with Crippen molar-refractivity contribution in [2.24, 2.45) is 0 Å². The molecule has 0 aliphatic carbocycles. The summed E-state index contributed by atoms with van der Waals surface area (Å²) in [6.07, 6.45) is 2.94. The topological polar surface area (TPSA) is 90.3 Å². The van der Waals surface area contributed by atoms with Gasteiger partial charge in [0.1, 0.15) is 23.0 Å². The van der Waals surface area contributed by atoms with Gasteiger partial charge in [-0.3, -0.25) is 0 Å². The summed E-state index contributed by atoms with van der Waals surface area (Å²) in [4.78, 5) is 8.10. The summed E-state index contributed by atoms with van der Waals surface area (Å²) in [6, 6.07) is 2.08. The number of H-pyrrole nitrogens is 1. The molecule has 0 saturated carbocycles. The van der Waals surface area contributed by atoms with Crippen molar-refractivity contribution >= 4 is 22.9 Å². The Morgan fingerprint density at radius 3 is 3.12 bits per heavy atom. The van der Waals surface area contributed by atoms with E-state index in [1.807, 2.05) is 12.3 Å². The number of rotatable bonds is 3. The number of thiazole rings is 1. The smallest absolute Gasteiger partial charge is 0.222 e. The summed E-state index contributed by atoms with van der Waals surface area (Å²) in [7, 11) is 0. The van der Waals surface area contributed by atoms with Crippen LogP contribution in [0.15, 0.2) is 17.9 Å². The molecule has 0 fully saturated rings. The van der Waals surface area contributed by atoms with E-state index in [1.54, 1.807) is 6.20 Å². The van der Waals surface area contributed by atoms with E-state index in [-0.39, 0.29) is 0 Å². The Morgan fingerprint density at radius 2 is 2.56 bits per heavy atom. The first-order valence-corrected chi connectivity index (χ1v) is 5.32. The SMILES string of the molecule is Cc1csc(/C(C#N)=C/Nc2ncn[nH]2)n1. The number of hydrogen-bond donors (Lipinski definition) is 2. The molecule has 0 aliphatic rings. The Kier molecular flexibility index (Phi) is 2.93. The van der Waals surface area contributed by atoms with Gasteiger partial charge in [0.05, 0.1) is 0 Å². The fraction of sp³-hybridized carbons (Fsp3) is 0.111. The number of aromatic amines is 1. The fourth-order valence-corrected chi connectivity index (χ4v) is 1.80. The molecule has 0 aliphatic heterocycles. The maximum Gasteiger partial charge on any atom is 0.222 e. The van der Waals surface area contributed by atoms with Gasteiger partial charge in [0, 0.05) is 17.3 Å². The van der Waals surface area contributed by atoms with Crippen LogP contribution in [0.25, 0.3) is 5.57 Å². The van der Waals surface area contributed by atoms with Gasteiger partial charge < -0.3 is 5.32 Å². The van der Waals surface area contributed by atoms with Gasteiger partial charge >= 0.3 is 0 Å². The molecule has 0 bridgehead atoms. The number of nitrogens with one attached hydrogen (secondary N) is 2. The van der Waals surface area contributed by atoms with Crippen molar-refractivity contribution < 1.29 is 0 Å². The van der Waals surface area contributed by atoms with Crippen LogP contribution >= 0.6 is 11.3 Å². The molecule has 2 N–H and O–H groups in total. The normalized spacial score (nSPS) is 11.1. The van der Waals surface area contributed by atoms with Gasteiger partial charge in [-0.1, -0.05) is 0 Å². The monoisotopic (exact) mass is 232 g/mol. The highest BCUT2D eigenvalue weighted by Crippen LogP contribution is 2.18. The lowest BCUT2D eigenvalue weighted by molar-refractivity contribution is 1.09. The van der Waals surface area contributed by atoms with E-state index in [4.69, 9.17) is 5.26 Å². The van der Waals surface area contributed by atoms with Gasteiger partial charge in [0.15, 0.2) is 0 Å². The maximum absolute atomic E-state index is 8.98. The van der Waals surface area contributed by atoms with Gasteiger partial charge in [-0.25, -0.2) is 10.1 Å². The van der Waals surface area contributed by atoms with Gasteiger partial charge in [0.25, 0.3) is 0 Å². The molecule has 2 aromatic rings. The number of aryl methyl sites for hydroxylation is 1. The van der Waals surface area contributed by atoms with E-state index < -0.39 is 0 Å². The third-order valence-corrected chi connectivity index (χ3v) is 2.73. The van der Waals surface area contributed by atoms with E-state index in [9.17, 15) is 0 Å². The van der Waals surface area contributed by atoms with Crippen LogP contribution in [0.3, 0.4) is 0 Å². The van der Waals surface area contributed by atoms with Crippen LogP contribution in [0.1, 0.15) is 10.7 Å². The molecular formula is C9H8N6S. The molecule has 2 heterocycles. The summed E-state index contributed by atoms with van der Waals surface area (Å²) in [5.41, 5.74) is 1.37. The lowest BCUT2D eigenvalue weighted by atomic mass is 10.3. The van der Waals surface area contributed by atoms with E-state index in [2.05, 4.69) is 31.6 Å². The number of allylic oxidation sites excluding steroid dienone is 1. The van der Waals surface area contributed by atoms with E-state index in [0.29, 0.717) is 16.5 Å². The van der Waals surface area contributed by atoms with Gasteiger partial charge in [-0.05, 0) is 6.92 Å². The molecule has 16 heavy (non-hydrogen) atoms. The molecule has 0 atom stereocenters.